The van der Waals surface area contributed by atoms with Crippen LogP contribution in [0.2, 0.25) is 0 Å². The highest BCUT2D eigenvalue weighted by Gasteiger charge is 2.31. The van der Waals surface area contributed by atoms with Crippen LogP contribution in [-0.4, -0.2) is 56.4 Å². The van der Waals surface area contributed by atoms with E-state index >= 15 is 0 Å². The molecule has 5 heteroatoms. The molecular weight excluding hydrogens is 208 g/mol. The van der Waals surface area contributed by atoms with E-state index in [1.54, 1.807) is 0 Å². The summed E-state index contributed by atoms with van der Waals surface area (Å²) in [7, 11) is 0. The van der Waals surface area contributed by atoms with E-state index in [0.29, 0.717) is 39.5 Å². The second kappa shape index (κ2) is 5.61. The highest BCUT2D eigenvalue weighted by molar-refractivity contribution is 5.79. The van der Waals surface area contributed by atoms with Crippen molar-refractivity contribution in [3.8, 4) is 0 Å². The molecule has 5 nitrogen and oxygen atoms in total. The molecule has 0 spiro atoms. The summed E-state index contributed by atoms with van der Waals surface area (Å²) in [4.78, 5) is 14.2. The molecule has 0 aromatic heterocycles. The summed E-state index contributed by atoms with van der Waals surface area (Å²) in [5.74, 6) is 0.364. The number of amides is 1. The maximum absolute atomic E-state index is 12.3. The Morgan fingerprint density at radius 2 is 2.00 bits per heavy atom. The second-order valence-electron chi connectivity index (χ2n) is 4.38. The minimum atomic E-state index is 0.0593. The molecule has 92 valence electrons. The Labute approximate surface area is 95.9 Å². The van der Waals surface area contributed by atoms with Crippen molar-refractivity contribution in [3.05, 3.63) is 0 Å². The topological polar surface area (TPSA) is 64.8 Å². The van der Waals surface area contributed by atoms with Gasteiger partial charge in [0.1, 0.15) is 0 Å². The summed E-state index contributed by atoms with van der Waals surface area (Å²) in [6.07, 6.45) is 1.68. The third-order valence-electron chi connectivity index (χ3n) is 3.35. The lowest BCUT2D eigenvalue weighted by atomic mass is 9.97. The molecule has 16 heavy (non-hydrogen) atoms. The number of nitrogens with two attached hydrogens (primary N) is 1. The van der Waals surface area contributed by atoms with Crippen LogP contribution in [0.25, 0.3) is 0 Å². The molecule has 1 amide bonds. The molecule has 0 aliphatic carbocycles. The maximum Gasteiger partial charge on any atom is 0.226 e. The summed E-state index contributed by atoms with van der Waals surface area (Å²) in [5, 5.41) is 0. The van der Waals surface area contributed by atoms with Crippen LogP contribution in [0, 0.1) is 5.92 Å². The lowest BCUT2D eigenvalue weighted by Crippen LogP contribution is -2.54. The number of rotatable bonds is 2. The standard InChI is InChI=1S/C11H20N2O3/c12-7-10-8-16-6-3-13(10)11(14)9-1-4-15-5-2-9/h9-10H,1-8,12H2. The Kier molecular flexibility index (Phi) is 4.15. The van der Waals surface area contributed by atoms with Crippen LogP contribution in [0.3, 0.4) is 0 Å². The first-order chi connectivity index (χ1) is 7.83. The molecule has 1 atom stereocenters. The van der Waals surface area contributed by atoms with E-state index in [1.807, 2.05) is 4.90 Å². The summed E-state index contributed by atoms with van der Waals surface area (Å²) in [6, 6.07) is 0.0593. The van der Waals surface area contributed by atoms with Gasteiger partial charge in [-0.1, -0.05) is 0 Å². The number of ether oxygens (including phenoxy) is 2. The minimum Gasteiger partial charge on any atom is -0.381 e. The molecule has 0 saturated carbocycles. The zero-order valence-corrected chi connectivity index (χ0v) is 9.56. The average molecular weight is 228 g/mol. The smallest absolute Gasteiger partial charge is 0.226 e. The number of carbonyl (C=O) groups excluding carboxylic acids is 1. The molecule has 0 aromatic rings. The first kappa shape index (κ1) is 11.8. The van der Waals surface area contributed by atoms with Crippen molar-refractivity contribution < 1.29 is 14.3 Å². The molecule has 2 N–H and O–H groups in total. The largest absolute Gasteiger partial charge is 0.381 e. The summed E-state index contributed by atoms with van der Waals surface area (Å²) in [5.41, 5.74) is 5.66. The van der Waals surface area contributed by atoms with Crippen molar-refractivity contribution in [3.63, 3.8) is 0 Å². The van der Waals surface area contributed by atoms with E-state index in [2.05, 4.69) is 0 Å². The third-order valence-corrected chi connectivity index (χ3v) is 3.35. The van der Waals surface area contributed by atoms with Gasteiger partial charge < -0.3 is 20.1 Å². The summed E-state index contributed by atoms with van der Waals surface area (Å²) < 4.78 is 10.6. The lowest BCUT2D eigenvalue weighted by Gasteiger charge is -2.37. The summed E-state index contributed by atoms with van der Waals surface area (Å²) >= 11 is 0. The van der Waals surface area contributed by atoms with Crippen molar-refractivity contribution in [2.75, 3.05) is 39.5 Å². The molecule has 2 aliphatic heterocycles. The Morgan fingerprint density at radius 1 is 1.25 bits per heavy atom. The molecule has 0 radical (unpaired) electrons. The zero-order valence-electron chi connectivity index (χ0n) is 9.56. The number of hydrogen-bond donors (Lipinski definition) is 1. The highest BCUT2D eigenvalue weighted by atomic mass is 16.5. The predicted octanol–water partition coefficient (Wildman–Crippen LogP) is -0.401. The third kappa shape index (κ3) is 2.53. The van der Waals surface area contributed by atoms with Crippen molar-refractivity contribution in [2.24, 2.45) is 11.7 Å². The maximum atomic E-state index is 12.3. The fourth-order valence-corrected chi connectivity index (χ4v) is 2.32. The van der Waals surface area contributed by atoms with Gasteiger partial charge in [0.2, 0.25) is 5.91 Å². The van der Waals surface area contributed by atoms with Gasteiger partial charge in [0.05, 0.1) is 19.3 Å². The van der Waals surface area contributed by atoms with Gasteiger partial charge in [-0.05, 0) is 12.8 Å². The molecule has 2 fully saturated rings. The zero-order chi connectivity index (χ0) is 11.4. The van der Waals surface area contributed by atoms with Crippen molar-refractivity contribution in [2.45, 2.75) is 18.9 Å². The van der Waals surface area contributed by atoms with Crippen LogP contribution in [0.15, 0.2) is 0 Å². The van der Waals surface area contributed by atoms with Crippen LogP contribution in [0.5, 0.6) is 0 Å². The minimum absolute atomic E-state index is 0.0593. The molecule has 2 rings (SSSR count). The normalized spacial score (nSPS) is 28.1. The van der Waals surface area contributed by atoms with Gasteiger partial charge in [0.25, 0.3) is 0 Å². The SMILES string of the molecule is NCC1COCCN1C(=O)C1CCOCC1. The van der Waals surface area contributed by atoms with Crippen LogP contribution < -0.4 is 5.73 Å². The van der Waals surface area contributed by atoms with Crippen molar-refractivity contribution in [1.29, 1.82) is 0 Å². The number of nitrogens with zero attached hydrogens (tertiary/aromatic N) is 1. The van der Waals surface area contributed by atoms with Gasteiger partial charge in [-0.15, -0.1) is 0 Å². The first-order valence-electron chi connectivity index (χ1n) is 5.99. The van der Waals surface area contributed by atoms with Gasteiger partial charge in [-0.3, -0.25) is 4.79 Å². The Morgan fingerprint density at radius 3 is 2.69 bits per heavy atom. The molecule has 2 saturated heterocycles. The van der Waals surface area contributed by atoms with Gasteiger partial charge in [-0.2, -0.15) is 0 Å². The Bertz CT molecular complexity index is 241. The quantitative estimate of drug-likeness (QED) is 0.698. The van der Waals surface area contributed by atoms with E-state index in [4.69, 9.17) is 15.2 Å². The summed E-state index contributed by atoms with van der Waals surface area (Å²) in [6.45, 7) is 3.77. The fraction of sp³-hybridized carbons (Fsp3) is 0.909. The van der Waals surface area contributed by atoms with Gasteiger partial charge in [0.15, 0.2) is 0 Å². The van der Waals surface area contributed by atoms with Crippen LogP contribution in [-0.2, 0) is 14.3 Å². The molecule has 2 aliphatic rings. The highest BCUT2D eigenvalue weighted by Crippen LogP contribution is 2.20. The molecular formula is C11H20N2O3. The lowest BCUT2D eigenvalue weighted by molar-refractivity contribution is -0.146. The molecule has 0 bridgehead atoms. The number of morpholine rings is 1. The Hall–Kier alpha value is -0.650. The van der Waals surface area contributed by atoms with Gasteiger partial charge in [-0.25, -0.2) is 0 Å². The molecule has 1 unspecified atom stereocenters. The van der Waals surface area contributed by atoms with E-state index in [9.17, 15) is 4.79 Å². The van der Waals surface area contributed by atoms with E-state index in [0.717, 1.165) is 12.8 Å². The van der Waals surface area contributed by atoms with E-state index < -0.39 is 0 Å². The van der Waals surface area contributed by atoms with Crippen LogP contribution >= 0.6 is 0 Å². The van der Waals surface area contributed by atoms with Crippen LogP contribution in [0.4, 0.5) is 0 Å². The number of carbonyl (C=O) groups is 1. The van der Waals surface area contributed by atoms with Gasteiger partial charge in [0, 0.05) is 32.2 Å². The fourth-order valence-electron chi connectivity index (χ4n) is 2.32. The predicted molar refractivity (Wildman–Crippen MR) is 58.9 cm³/mol. The van der Waals surface area contributed by atoms with E-state index in [1.165, 1.54) is 0 Å². The average Bonchev–Trinajstić information content (AvgIpc) is 2.39. The monoisotopic (exact) mass is 228 g/mol. The number of hydrogen-bond acceptors (Lipinski definition) is 4. The molecule has 0 aromatic carbocycles. The first-order valence-corrected chi connectivity index (χ1v) is 5.99. The van der Waals surface area contributed by atoms with E-state index in [-0.39, 0.29) is 17.9 Å². The second-order valence-corrected chi connectivity index (χ2v) is 4.38. The van der Waals surface area contributed by atoms with Crippen molar-refractivity contribution >= 4 is 5.91 Å². The van der Waals surface area contributed by atoms with Crippen LogP contribution in [0.1, 0.15) is 12.8 Å². The van der Waals surface area contributed by atoms with Gasteiger partial charge >= 0.3 is 0 Å². The Balaban J connectivity index is 1.95. The van der Waals surface area contributed by atoms with Crippen molar-refractivity contribution in [1.82, 2.24) is 4.90 Å². The molecule has 2 heterocycles.